The van der Waals surface area contributed by atoms with Gasteiger partial charge in [-0.25, -0.2) is 4.79 Å². The molecule has 0 aliphatic carbocycles. The minimum Gasteiger partial charge on any atom is -0.467 e. The van der Waals surface area contributed by atoms with Crippen LogP contribution in [0.1, 0.15) is 24.2 Å². The molecule has 23 heavy (non-hydrogen) atoms. The van der Waals surface area contributed by atoms with Crippen LogP contribution >= 0.6 is 0 Å². The van der Waals surface area contributed by atoms with Crippen LogP contribution in [-0.2, 0) is 11.3 Å². The van der Waals surface area contributed by atoms with E-state index in [4.69, 9.17) is 9.15 Å². The third-order valence-corrected chi connectivity index (χ3v) is 3.96. The van der Waals surface area contributed by atoms with Crippen LogP contribution in [0.2, 0.25) is 0 Å². The van der Waals surface area contributed by atoms with Crippen LogP contribution in [0.15, 0.2) is 47.1 Å². The summed E-state index contributed by atoms with van der Waals surface area (Å²) in [6, 6.07) is 11.3. The van der Waals surface area contributed by atoms with Gasteiger partial charge in [0.15, 0.2) is 0 Å². The van der Waals surface area contributed by atoms with Crippen molar-refractivity contribution in [1.29, 1.82) is 0 Å². The maximum Gasteiger partial charge on any atom is 0.322 e. The van der Waals surface area contributed by atoms with Crippen molar-refractivity contribution in [1.82, 2.24) is 4.90 Å². The maximum atomic E-state index is 12.6. The maximum absolute atomic E-state index is 12.6. The Morgan fingerprint density at radius 3 is 2.78 bits per heavy atom. The normalized spacial score (nSPS) is 17.2. The van der Waals surface area contributed by atoms with Gasteiger partial charge in [0.25, 0.3) is 0 Å². The Hall–Kier alpha value is -2.27. The Morgan fingerprint density at radius 2 is 2.13 bits per heavy atom. The number of benzene rings is 1. The largest absolute Gasteiger partial charge is 0.467 e. The predicted octanol–water partition coefficient (Wildman–Crippen LogP) is 3.80. The van der Waals surface area contributed by atoms with Crippen LogP contribution < -0.4 is 5.32 Å². The molecule has 5 nitrogen and oxygen atoms in total. The number of carbonyl (C=O) groups excluding carboxylic acids is 1. The van der Waals surface area contributed by atoms with Gasteiger partial charge in [-0.15, -0.1) is 0 Å². The second kappa shape index (κ2) is 7.33. The van der Waals surface area contributed by atoms with Crippen LogP contribution in [0.25, 0.3) is 0 Å². The molecule has 0 unspecified atom stereocenters. The molecular formula is C18H22N2O3. The summed E-state index contributed by atoms with van der Waals surface area (Å²) in [5.74, 6) is 0.766. The molecule has 1 aromatic carbocycles. The molecule has 1 N–H and O–H groups in total. The van der Waals surface area contributed by atoms with Crippen LogP contribution in [0, 0.1) is 6.92 Å². The molecule has 1 fully saturated rings. The monoisotopic (exact) mass is 314 g/mol. The molecule has 0 bridgehead atoms. The first kappa shape index (κ1) is 15.6. The highest BCUT2D eigenvalue weighted by atomic mass is 16.5. The summed E-state index contributed by atoms with van der Waals surface area (Å²) < 4.78 is 11.0. The number of rotatable bonds is 5. The number of hydrogen-bond acceptors (Lipinski definition) is 3. The summed E-state index contributed by atoms with van der Waals surface area (Å²) in [7, 11) is 0. The number of nitrogens with zero attached hydrogens (tertiary/aromatic N) is 1. The van der Waals surface area contributed by atoms with E-state index in [2.05, 4.69) is 5.32 Å². The minimum absolute atomic E-state index is 0.105. The van der Waals surface area contributed by atoms with Crippen molar-refractivity contribution in [2.24, 2.45) is 0 Å². The van der Waals surface area contributed by atoms with E-state index in [1.807, 2.05) is 43.3 Å². The van der Waals surface area contributed by atoms with Gasteiger partial charge in [-0.1, -0.05) is 17.7 Å². The fourth-order valence-corrected chi connectivity index (χ4v) is 2.68. The fraction of sp³-hybridized carbons (Fsp3) is 0.389. The van der Waals surface area contributed by atoms with Crippen LogP contribution in [0.3, 0.4) is 0 Å². The fourth-order valence-electron chi connectivity index (χ4n) is 2.68. The number of nitrogens with one attached hydrogen (secondary N) is 1. The van der Waals surface area contributed by atoms with Gasteiger partial charge in [0.1, 0.15) is 5.76 Å². The van der Waals surface area contributed by atoms with Gasteiger partial charge in [-0.3, -0.25) is 0 Å². The number of hydrogen-bond donors (Lipinski definition) is 1. The third kappa shape index (κ3) is 4.36. The number of anilines is 1. The molecule has 1 aromatic heterocycles. The molecule has 2 aromatic rings. The van der Waals surface area contributed by atoms with Crippen molar-refractivity contribution < 1.29 is 13.9 Å². The molecule has 1 aliphatic rings. The minimum atomic E-state index is -0.138. The van der Waals surface area contributed by atoms with Crippen molar-refractivity contribution in [2.45, 2.75) is 32.4 Å². The number of furan rings is 1. The number of ether oxygens (including phenoxy) is 1. The summed E-state index contributed by atoms with van der Waals surface area (Å²) in [4.78, 5) is 14.4. The topological polar surface area (TPSA) is 54.7 Å². The quantitative estimate of drug-likeness (QED) is 0.913. The highest BCUT2D eigenvalue weighted by molar-refractivity contribution is 5.89. The number of carbonyl (C=O) groups is 1. The summed E-state index contributed by atoms with van der Waals surface area (Å²) in [6.45, 7) is 3.80. The lowest BCUT2D eigenvalue weighted by molar-refractivity contribution is 0.0803. The Labute approximate surface area is 136 Å². The van der Waals surface area contributed by atoms with Crippen molar-refractivity contribution in [3.05, 3.63) is 54.0 Å². The Bertz CT molecular complexity index is 616. The molecule has 0 saturated carbocycles. The molecule has 1 atom stereocenters. The predicted molar refractivity (Wildman–Crippen MR) is 88.3 cm³/mol. The van der Waals surface area contributed by atoms with Gasteiger partial charge >= 0.3 is 6.03 Å². The lowest BCUT2D eigenvalue weighted by atomic mass is 10.2. The van der Waals surface area contributed by atoms with Gasteiger partial charge in [0.2, 0.25) is 0 Å². The average molecular weight is 314 g/mol. The van der Waals surface area contributed by atoms with Crippen molar-refractivity contribution in [3.63, 3.8) is 0 Å². The van der Waals surface area contributed by atoms with Crippen molar-refractivity contribution in [3.8, 4) is 0 Å². The second-order valence-corrected chi connectivity index (χ2v) is 5.89. The van der Waals surface area contributed by atoms with E-state index in [1.54, 1.807) is 11.2 Å². The molecule has 0 spiro atoms. The van der Waals surface area contributed by atoms with E-state index in [0.29, 0.717) is 13.1 Å². The van der Waals surface area contributed by atoms with Crippen LogP contribution in [0.4, 0.5) is 10.5 Å². The number of aryl methyl sites for hydroxylation is 1. The third-order valence-electron chi connectivity index (χ3n) is 3.96. The zero-order chi connectivity index (χ0) is 16.1. The standard InChI is InChI=1S/C18H22N2O3/c1-14-6-8-15(9-7-14)19-18(21)20(12-16-4-2-10-22-16)13-17-5-3-11-23-17/h2,4,6-10,17H,3,5,11-13H2,1H3,(H,19,21)/t17-/m1/s1. The summed E-state index contributed by atoms with van der Waals surface area (Å²) in [5, 5.41) is 2.95. The van der Waals surface area contributed by atoms with Crippen LogP contribution in [0.5, 0.6) is 0 Å². The Kier molecular flexibility index (Phi) is 4.98. The van der Waals surface area contributed by atoms with Gasteiger partial charge in [0, 0.05) is 18.8 Å². The molecular weight excluding hydrogens is 292 g/mol. The summed E-state index contributed by atoms with van der Waals surface area (Å²) in [6.07, 6.45) is 3.77. The van der Waals surface area contributed by atoms with E-state index in [9.17, 15) is 4.79 Å². The zero-order valence-corrected chi connectivity index (χ0v) is 13.3. The first-order chi connectivity index (χ1) is 11.2. The lowest BCUT2D eigenvalue weighted by Crippen LogP contribution is -2.39. The average Bonchev–Trinajstić information content (AvgIpc) is 3.22. The van der Waals surface area contributed by atoms with E-state index < -0.39 is 0 Å². The van der Waals surface area contributed by atoms with Gasteiger partial charge in [-0.05, 0) is 44.0 Å². The van der Waals surface area contributed by atoms with Gasteiger partial charge in [0.05, 0.1) is 18.9 Å². The highest BCUT2D eigenvalue weighted by Crippen LogP contribution is 2.17. The Balaban J connectivity index is 1.67. The molecule has 122 valence electrons. The van der Waals surface area contributed by atoms with Crippen molar-refractivity contribution in [2.75, 3.05) is 18.5 Å². The molecule has 0 radical (unpaired) electrons. The number of amides is 2. The smallest absolute Gasteiger partial charge is 0.322 e. The second-order valence-electron chi connectivity index (χ2n) is 5.89. The zero-order valence-electron chi connectivity index (χ0n) is 13.3. The first-order valence-corrected chi connectivity index (χ1v) is 7.97. The molecule has 1 saturated heterocycles. The highest BCUT2D eigenvalue weighted by Gasteiger charge is 2.23. The van der Waals surface area contributed by atoms with Crippen LogP contribution in [-0.4, -0.2) is 30.2 Å². The van der Waals surface area contributed by atoms with E-state index in [0.717, 1.165) is 36.5 Å². The summed E-state index contributed by atoms with van der Waals surface area (Å²) >= 11 is 0. The molecule has 3 rings (SSSR count). The molecule has 2 amide bonds. The lowest BCUT2D eigenvalue weighted by Gasteiger charge is -2.25. The molecule has 5 heteroatoms. The van der Waals surface area contributed by atoms with E-state index >= 15 is 0 Å². The van der Waals surface area contributed by atoms with Crippen molar-refractivity contribution >= 4 is 11.7 Å². The molecule has 2 heterocycles. The SMILES string of the molecule is Cc1ccc(NC(=O)N(Cc2ccco2)C[C@H]2CCCO2)cc1. The van der Waals surface area contributed by atoms with Gasteiger partial charge < -0.3 is 19.4 Å². The van der Waals surface area contributed by atoms with E-state index in [1.165, 1.54) is 0 Å². The van der Waals surface area contributed by atoms with E-state index in [-0.39, 0.29) is 12.1 Å². The summed E-state index contributed by atoms with van der Waals surface area (Å²) in [5.41, 5.74) is 1.95. The first-order valence-electron chi connectivity index (χ1n) is 7.97. The Morgan fingerprint density at radius 1 is 1.30 bits per heavy atom. The molecule has 1 aliphatic heterocycles. The van der Waals surface area contributed by atoms with Gasteiger partial charge in [-0.2, -0.15) is 0 Å². The number of urea groups is 1.